The van der Waals surface area contributed by atoms with Crippen molar-refractivity contribution < 1.29 is 19.1 Å². The number of amides is 3. The van der Waals surface area contributed by atoms with Crippen LogP contribution in [0.4, 0.5) is 10.5 Å². The van der Waals surface area contributed by atoms with Crippen molar-refractivity contribution in [3.63, 3.8) is 0 Å². The zero-order chi connectivity index (χ0) is 19.1. The zero-order valence-electron chi connectivity index (χ0n) is 15.6. The van der Waals surface area contributed by atoms with Gasteiger partial charge in [-0.05, 0) is 50.8 Å². The second-order valence-corrected chi connectivity index (χ2v) is 6.57. The molecule has 1 saturated heterocycles. The standard InChI is InChI=1S/C19H27N3O4/c1-4-26-19(25)22-9-7-15(8-10-22)20-17(23)12-18(24)21-16-11-13(2)5-6-14(16)3/h5-6,11,15H,4,7-10,12H2,1-3H3,(H,20,23)(H,21,24). The maximum absolute atomic E-state index is 12.1. The van der Waals surface area contributed by atoms with Crippen LogP contribution in [0.25, 0.3) is 0 Å². The van der Waals surface area contributed by atoms with Crippen molar-refractivity contribution in [2.45, 2.75) is 46.1 Å². The van der Waals surface area contributed by atoms with Crippen molar-refractivity contribution in [3.8, 4) is 0 Å². The number of carbonyl (C=O) groups is 3. The van der Waals surface area contributed by atoms with Gasteiger partial charge in [0.1, 0.15) is 6.42 Å². The van der Waals surface area contributed by atoms with E-state index >= 15 is 0 Å². The number of nitrogens with zero attached hydrogens (tertiary/aromatic N) is 1. The lowest BCUT2D eigenvalue weighted by Crippen LogP contribution is -2.47. The molecule has 0 spiro atoms. The molecule has 7 heteroatoms. The van der Waals surface area contributed by atoms with Gasteiger partial charge in [0.15, 0.2) is 0 Å². The first-order valence-corrected chi connectivity index (χ1v) is 8.97. The Hall–Kier alpha value is -2.57. The van der Waals surface area contributed by atoms with E-state index in [2.05, 4.69) is 10.6 Å². The van der Waals surface area contributed by atoms with E-state index in [4.69, 9.17) is 4.74 Å². The summed E-state index contributed by atoms with van der Waals surface area (Å²) in [7, 11) is 0. The molecule has 0 bridgehead atoms. The number of benzene rings is 1. The molecule has 1 aliphatic heterocycles. The summed E-state index contributed by atoms with van der Waals surface area (Å²) in [5.74, 6) is -0.637. The zero-order valence-corrected chi connectivity index (χ0v) is 15.6. The van der Waals surface area contributed by atoms with Crippen LogP contribution in [0, 0.1) is 13.8 Å². The second kappa shape index (κ2) is 9.22. The smallest absolute Gasteiger partial charge is 0.409 e. The molecule has 7 nitrogen and oxygen atoms in total. The Bertz CT molecular complexity index is 667. The lowest BCUT2D eigenvalue weighted by molar-refractivity contribution is -0.127. The molecule has 142 valence electrons. The Balaban J connectivity index is 1.76. The molecule has 3 amide bonds. The largest absolute Gasteiger partial charge is 0.450 e. The van der Waals surface area contributed by atoms with Gasteiger partial charge in [0.05, 0.1) is 6.61 Å². The summed E-state index contributed by atoms with van der Waals surface area (Å²) in [5, 5.41) is 5.66. The molecule has 0 aromatic heterocycles. The van der Waals surface area contributed by atoms with Crippen molar-refractivity contribution in [1.29, 1.82) is 0 Å². The Morgan fingerprint density at radius 1 is 1.15 bits per heavy atom. The molecular formula is C19H27N3O4. The van der Waals surface area contributed by atoms with Crippen LogP contribution in [0.15, 0.2) is 18.2 Å². The molecule has 2 rings (SSSR count). The highest BCUT2D eigenvalue weighted by atomic mass is 16.6. The molecule has 0 radical (unpaired) electrons. The molecule has 0 aliphatic carbocycles. The molecule has 1 fully saturated rings. The number of ether oxygens (including phenoxy) is 1. The second-order valence-electron chi connectivity index (χ2n) is 6.57. The first kappa shape index (κ1) is 19.8. The van der Waals surface area contributed by atoms with Crippen LogP contribution in [0.3, 0.4) is 0 Å². The number of hydrogen-bond acceptors (Lipinski definition) is 4. The van der Waals surface area contributed by atoms with E-state index in [9.17, 15) is 14.4 Å². The molecule has 0 unspecified atom stereocenters. The van der Waals surface area contributed by atoms with Crippen molar-refractivity contribution in [3.05, 3.63) is 29.3 Å². The summed E-state index contributed by atoms with van der Waals surface area (Å²) in [6.45, 7) is 7.06. The van der Waals surface area contributed by atoms with E-state index in [1.165, 1.54) is 0 Å². The first-order valence-electron chi connectivity index (χ1n) is 8.97. The number of anilines is 1. The summed E-state index contributed by atoms with van der Waals surface area (Å²) in [6, 6.07) is 5.76. The van der Waals surface area contributed by atoms with Gasteiger partial charge in [0, 0.05) is 24.8 Å². The SMILES string of the molecule is CCOC(=O)N1CCC(NC(=O)CC(=O)Nc2cc(C)ccc2C)CC1. The van der Waals surface area contributed by atoms with Crippen LogP contribution in [0.5, 0.6) is 0 Å². The molecule has 1 heterocycles. The summed E-state index contributed by atoms with van der Waals surface area (Å²) in [4.78, 5) is 37.5. The van der Waals surface area contributed by atoms with Gasteiger partial charge < -0.3 is 20.3 Å². The van der Waals surface area contributed by atoms with Crippen molar-refractivity contribution in [2.24, 2.45) is 0 Å². The van der Waals surface area contributed by atoms with Gasteiger partial charge in [-0.15, -0.1) is 0 Å². The predicted molar refractivity (Wildman–Crippen MR) is 98.9 cm³/mol. The highest BCUT2D eigenvalue weighted by Crippen LogP contribution is 2.16. The summed E-state index contributed by atoms with van der Waals surface area (Å²) in [6.07, 6.45) is 0.780. The Morgan fingerprint density at radius 3 is 2.50 bits per heavy atom. The average molecular weight is 361 g/mol. The van der Waals surface area contributed by atoms with E-state index in [0.29, 0.717) is 32.5 Å². The maximum Gasteiger partial charge on any atom is 0.409 e. The van der Waals surface area contributed by atoms with Gasteiger partial charge in [0.25, 0.3) is 0 Å². The van der Waals surface area contributed by atoms with E-state index < -0.39 is 0 Å². The summed E-state index contributed by atoms with van der Waals surface area (Å²) < 4.78 is 4.97. The third-order valence-corrected chi connectivity index (χ3v) is 4.37. The van der Waals surface area contributed by atoms with Crippen molar-refractivity contribution in [2.75, 3.05) is 25.0 Å². The van der Waals surface area contributed by atoms with Gasteiger partial charge in [-0.25, -0.2) is 4.79 Å². The fourth-order valence-corrected chi connectivity index (χ4v) is 2.91. The van der Waals surface area contributed by atoms with Gasteiger partial charge in [-0.3, -0.25) is 9.59 Å². The van der Waals surface area contributed by atoms with E-state index in [-0.39, 0.29) is 30.4 Å². The van der Waals surface area contributed by atoms with Crippen molar-refractivity contribution >= 4 is 23.6 Å². The number of likely N-dealkylation sites (tertiary alicyclic amines) is 1. The number of nitrogens with one attached hydrogen (secondary N) is 2. The van der Waals surface area contributed by atoms with Crippen LogP contribution >= 0.6 is 0 Å². The normalized spacial score (nSPS) is 14.7. The van der Waals surface area contributed by atoms with Crippen LogP contribution in [-0.4, -0.2) is 48.5 Å². The number of piperidine rings is 1. The highest BCUT2D eigenvalue weighted by Gasteiger charge is 2.25. The molecule has 1 aromatic carbocycles. The Kier molecular flexibility index (Phi) is 7.00. The van der Waals surface area contributed by atoms with Gasteiger partial charge in [0.2, 0.25) is 11.8 Å². The van der Waals surface area contributed by atoms with E-state index in [0.717, 1.165) is 16.8 Å². The van der Waals surface area contributed by atoms with Crippen LogP contribution in [0.1, 0.15) is 37.3 Å². The molecule has 0 atom stereocenters. The monoisotopic (exact) mass is 361 g/mol. The maximum atomic E-state index is 12.1. The number of hydrogen-bond donors (Lipinski definition) is 2. The van der Waals surface area contributed by atoms with Gasteiger partial charge in [-0.1, -0.05) is 12.1 Å². The fourth-order valence-electron chi connectivity index (χ4n) is 2.91. The minimum Gasteiger partial charge on any atom is -0.450 e. The van der Waals surface area contributed by atoms with Crippen LogP contribution < -0.4 is 10.6 Å². The highest BCUT2D eigenvalue weighted by molar-refractivity contribution is 6.03. The van der Waals surface area contributed by atoms with Gasteiger partial charge in [-0.2, -0.15) is 0 Å². The van der Waals surface area contributed by atoms with Crippen molar-refractivity contribution in [1.82, 2.24) is 10.2 Å². The fraction of sp³-hybridized carbons (Fsp3) is 0.526. The molecular weight excluding hydrogens is 334 g/mol. The lowest BCUT2D eigenvalue weighted by atomic mass is 10.1. The van der Waals surface area contributed by atoms with E-state index in [1.54, 1.807) is 11.8 Å². The molecule has 1 aliphatic rings. The first-order chi connectivity index (χ1) is 12.4. The number of rotatable bonds is 5. The Morgan fingerprint density at radius 2 is 1.85 bits per heavy atom. The van der Waals surface area contributed by atoms with Crippen LogP contribution in [0.2, 0.25) is 0 Å². The topological polar surface area (TPSA) is 87.7 Å². The van der Waals surface area contributed by atoms with Gasteiger partial charge >= 0.3 is 6.09 Å². The quantitative estimate of drug-likeness (QED) is 0.788. The third-order valence-electron chi connectivity index (χ3n) is 4.37. The lowest BCUT2D eigenvalue weighted by Gasteiger charge is -2.31. The molecule has 26 heavy (non-hydrogen) atoms. The molecule has 1 aromatic rings. The number of carbonyl (C=O) groups excluding carboxylic acids is 3. The average Bonchev–Trinajstić information content (AvgIpc) is 2.58. The molecule has 2 N–H and O–H groups in total. The van der Waals surface area contributed by atoms with Crippen LogP contribution in [-0.2, 0) is 14.3 Å². The minimum atomic E-state index is -0.333. The summed E-state index contributed by atoms with van der Waals surface area (Å²) in [5.41, 5.74) is 2.73. The summed E-state index contributed by atoms with van der Waals surface area (Å²) >= 11 is 0. The van der Waals surface area contributed by atoms with E-state index in [1.807, 2.05) is 32.0 Å². The molecule has 0 saturated carbocycles. The number of aryl methyl sites for hydroxylation is 2. The Labute approximate surface area is 154 Å². The minimum absolute atomic E-state index is 0.0262. The third kappa shape index (κ3) is 5.75. The predicted octanol–water partition coefficient (Wildman–Crippen LogP) is 2.37.